The van der Waals surface area contributed by atoms with Gasteiger partial charge in [0, 0.05) is 32.7 Å². The van der Waals surface area contributed by atoms with E-state index in [4.69, 9.17) is 10.00 Å². The first-order valence-corrected chi connectivity index (χ1v) is 10.6. The van der Waals surface area contributed by atoms with Crippen molar-refractivity contribution in [3.05, 3.63) is 42.0 Å². The lowest BCUT2D eigenvalue weighted by Crippen LogP contribution is -2.43. The molecule has 0 spiro atoms. The number of carbonyl (C=O) groups excluding carboxylic acids is 1. The molecule has 2 aromatic rings. The number of nitrogens with one attached hydrogen (secondary N) is 1. The molecule has 0 radical (unpaired) electrons. The highest BCUT2D eigenvalue weighted by atomic mass is 19.1. The summed E-state index contributed by atoms with van der Waals surface area (Å²) in [5.41, 5.74) is 0.00724. The lowest BCUT2D eigenvalue weighted by molar-refractivity contribution is 0.0186. The summed E-state index contributed by atoms with van der Waals surface area (Å²) in [6, 6.07) is 7.91. The number of anilines is 3. The third-order valence-corrected chi connectivity index (χ3v) is 5.20. The van der Waals surface area contributed by atoms with E-state index in [0.717, 1.165) is 19.4 Å². The third-order valence-electron chi connectivity index (χ3n) is 5.20. The summed E-state index contributed by atoms with van der Waals surface area (Å²) in [5.74, 6) is 1.08. The Kier molecular flexibility index (Phi) is 7.13. The van der Waals surface area contributed by atoms with Gasteiger partial charge < -0.3 is 19.9 Å². The van der Waals surface area contributed by atoms with Crippen molar-refractivity contribution in [3.8, 4) is 6.07 Å². The molecule has 1 amide bonds. The number of nitrogens with zero attached hydrogens (tertiary/aromatic N) is 5. The van der Waals surface area contributed by atoms with Crippen molar-refractivity contribution in [2.24, 2.45) is 5.92 Å². The molecule has 1 aliphatic rings. The van der Waals surface area contributed by atoms with Gasteiger partial charge in [0.05, 0.1) is 17.3 Å². The highest BCUT2D eigenvalue weighted by molar-refractivity contribution is 5.68. The van der Waals surface area contributed by atoms with Crippen LogP contribution in [0.1, 0.15) is 39.2 Å². The van der Waals surface area contributed by atoms with Gasteiger partial charge in [-0.2, -0.15) is 5.26 Å². The molecule has 32 heavy (non-hydrogen) atoms. The zero-order valence-corrected chi connectivity index (χ0v) is 18.9. The van der Waals surface area contributed by atoms with Crippen molar-refractivity contribution < 1.29 is 13.9 Å². The Hall–Kier alpha value is -3.41. The number of piperidine rings is 1. The van der Waals surface area contributed by atoms with Gasteiger partial charge in [0.1, 0.15) is 29.4 Å². The largest absolute Gasteiger partial charge is 0.444 e. The summed E-state index contributed by atoms with van der Waals surface area (Å²) in [5, 5.41) is 11.8. The maximum atomic E-state index is 14.2. The monoisotopic (exact) mass is 440 g/mol. The standard InChI is InChI=1S/C23H29FN6O2/c1-23(2,3)32-22(31)30-9-7-16(8-10-30)14-29(4)21-12-20(26-15-27-21)28-19-6-5-17(13-25)11-18(19)24/h5-6,11-12,15-16H,7-10,14H2,1-4H3,(H,26,27,28). The highest BCUT2D eigenvalue weighted by Gasteiger charge is 2.27. The molecule has 1 fully saturated rings. The van der Waals surface area contributed by atoms with Crippen LogP contribution in [0, 0.1) is 23.1 Å². The first kappa shape index (κ1) is 23.3. The average molecular weight is 441 g/mol. The van der Waals surface area contributed by atoms with E-state index in [1.165, 1.54) is 18.5 Å². The molecule has 9 heteroatoms. The van der Waals surface area contributed by atoms with E-state index in [9.17, 15) is 9.18 Å². The topological polar surface area (TPSA) is 94.4 Å². The van der Waals surface area contributed by atoms with Crippen LogP contribution in [0.15, 0.2) is 30.6 Å². The fourth-order valence-electron chi connectivity index (χ4n) is 3.55. The third kappa shape index (κ3) is 6.30. The Balaban J connectivity index is 1.56. The molecule has 1 saturated heterocycles. The van der Waals surface area contributed by atoms with E-state index < -0.39 is 11.4 Å². The zero-order valence-electron chi connectivity index (χ0n) is 18.9. The number of likely N-dealkylation sites (tertiary alicyclic amines) is 1. The molecule has 3 rings (SSSR count). The minimum Gasteiger partial charge on any atom is -0.444 e. The Labute approximate surface area is 188 Å². The minimum absolute atomic E-state index is 0.241. The lowest BCUT2D eigenvalue weighted by atomic mass is 9.96. The van der Waals surface area contributed by atoms with Crippen LogP contribution in [0.2, 0.25) is 0 Å². The second kappa shape index (κ2) is 9.81. The fourth-order valence-corrected chi connectivity index (χ4v) is 3.55. The quantitative estimate of drug-likeness (QED) is 0.740. The van der Waals surface area contributed by atoms with Gasteiger partial charge in [-0.1, -0.05) is 0 Å². The van der Waals surface area contributed by atoms with Crippen molar-refractivity contribution in [1.29, 1.82) is 5.26 Å². The minimum atomic E-state index is -0.519. The average Bonchev–Trinajstić information content (AvgIpc) is 2.74. The van der Waals surface area contributed by atoms with E-state index in [2.05, 4.69) is 15.3 Å². The Morgan fingerprint density at radius 2 is 2.03 bits per heavy atom. The van der Waals surface area contributed by atoms with Gasteiger partial charge in [-0.15, -0.1) is 0 Å². The van der Waals surface area contributed by atoms with Crippen LogP contribution in [-0.2, 0) is 4.74 Å². The molecular weight excluding hydrogens is 411 g/mol. The molecule has 1 N–H and O–H groups in total. The first-order chi connectivity index (χ1) is 15.1. The van der Waals surface area contributed by atoms with Crippen LogP contribution in [0.3, 0.4) is 0 Å². The second-order valence-electron chi connectivity index (χ2n) is 8.98. The number of ether oxygens (including phenoxy) is 1. The molecule has 2 heterocycles. The van der Waals surface area contributed by atoms with Gasteiger partial charge in [-0.05, 0) is 57.7 Å². The van der Waals surface area contributed by atoms with Crippen LogP contribution in [0.25, 0.3) is 0 Å². The van der Waals surface area contributed by atoms with Crippen LogP contribution < -0.4 is 10.2 Å². The molecule has 1 aromatic carbocycles. The van der Waals surface area contributed by atoms with Gasteiger partial charge in [-0.3, -0.25) is 0 Å². The number of hydrogen-bond donors (Lipinski definition) is 1. The van der Waals surface area contributed by atoms with Crippen molar-refractivity contribution in [3.63, 3.8) is 0 Å². The van der Waals surface area contributed by atoms with E-state index in [1.54, 1.807) is 17.0 Å². The molecule has 170 valence electrons. The number of benzene rings is 1. The molecule has 0 unspecified atom stereocenters. The highest BCUT2D eigenvalue weighted by Crippen LogP contribution is 2.24. The predicted molar refractivity (Wildman–Crippen MR) is 120 cm³/mol. The van der Waals surface area contributed by atoms with Gasteiger partial charge in [-0.25, -0.2) is 19.2 Å². The van der Waals surface area contributed by atoms with E-state index >= 15 is 0 Å². The van der Waals surface area contributed by atoms with Crippen LogP contribution in [0.5, 0.6) is 0 Å². The molecule has 0 bridgehead atoms. The molecule has 0 aliphatic carbocycles. The second-order valence-corrected chi connectivity index (χ2v) is 8.98. The molecule has 1 aliphatic heterocycles. The number of nitriles is 1. The molecule has 1 aromatic heterocycles. The maximum Gasteiger partial charge on any atom is 0.410 e. The molecular formula is C23H29FN6O2. The van der Waals surface area contributed by atoms with Crippen molar-refractivity contribution in [2.75, 3.05) is 36.9 Å². The van der Waals surface area contributed by atoms with Crippen molar-refractivity contribution >= 4 is 23.4 Å². The number of amides is 1. The van der Waals surface area contributed by atoms with Gasteiger partial charge in [0.2, 0.25) is 0 Å². The molecule has 0 atom stereocenters. The van der Waals surface area contributed by atoms with Gasteiger partial charge >= 0.3 is 6.09 Å². The van der Waals surface area contributed by atoms with Crippen molar-refractivity contribution in [2.45, 2.75) is 39.2 Å². The maximum absolute atomic E-state index is 14.2. The smallest absolute Gasteiger partial charge is 0.410 e. The van der Waals surface area contributed by atoms with E-state index in [1.807, 2.05) is 38.8 Å². The number of halogens is 1. The van der Waals surface area contributed by atoms with E-state index in [-0.39, 0.29) is 17.3 Å². The van der Waals surface area contributed by atoms with Crippen LogP contribution >= 0.6 is 0 Å². The Morgan fingerprint density at radius 1 is 1.31 bits per heavy atom. The fraction of sp³-hybridized carbons (Fsp3) is 0.478. The number of aromatic nitrogens is 2. The summed E-state index contributed by atoms with van der Waals surface area (Å²) in [7, 11) is 1.95. The molecule has 0 saturated carbocycles. The normalized spacial score (nSPS) is 14.6. The predicted octanol–water partition coefficient (Wildman–Crippen LogP) is 4.31. The summed E-state index contributed by atoms with van der Waals surface area (Å²) >= 11 is 0. The summed E-state index contributed by atoms with van der Waals surface area (Å²) in [4.78, 5) is 24.5. The number of carbonyl (C=O) groups is 1. The SMILES string of the molecule is CN(CC1CCN(C(=O)OC(C)(C)C)CC1)c1cc(Nc2ccc(C#N)cc2F)ncn1. The van der Waals surface area contributed by atoms with Crippen molar-refractivity contribution in [1.82, 2.24) is 14.9 Å². The first-order valence-electron chi connectivity index (χ1n) is 10.6. The van der Waals surface area contributed by atoms with E-state index in [0.29, 0.717) is 30.6 Å². The summed E-state index contributed by atoms with van der Waals surface area (Å²) in [6.07, 6.45) is 2.94. The van der Waals surface area contributed by atoms with Crippen LogP contribution in [0.4, 0.5) is 26.5 Å². The summed E-state index contributed by atoms with van der Waals surface area (Å²) < 4.78 is 19.6. The van der Waals surface area contributed by atoms with Crippen LogP contribution in [-0.4, -0.2) is 53.2 Å². The Morgan fingerprint density at radius 3 is 2.66 bits per heavy atom. The van der Waals surface area contributed by atoms with Gasteiger partial charge in [0.15, 0.2) is 0 Å². The zero-order chi connectivity index (χ0) is 23.3. The number of hydrogen-bond acceptors (Lipinski definition) is 7. The Bertz CT molecular complexity index is 993. The molecule has 8 nitrogen and oxygen atoms in total. The lowest BCUT2D eigenvalue weighted by Gasteiger charge is -2.35. The number of rotatable bonds is 5. The summed E-state index contributed by atoms with van der Waals surface area (Å²) in [6.45, 7) is 7.72. The van der Waals surface area contributed by atoms with Gasteiger partial charge in [0.25, 0.3) is 0 Å².